The van der Waals surface area contributed by atoms with Crippen LogP contribution in [0.3, 0.4) is 0 Å². The van der Waals surface area contributed by atoms with Gasteiger partial charge in [0.25, 0.3) is 0 Å². The smallest absolute Gasteiger partial charge is 0.0622 e. The Kier molecular flexibility index (Phi) is 2.69. The van der Waals surface area contributed by atoms with E-state index < -0.39 is 0 Å². The molecule has 0 amide bonds. The topological polar surface area (TPSA) is 0 Å². The van der Waals surface area contributed by atoms with Crippen LogP contribution in [0.25, 0.3) is 11.1 Å². The number of benzene rings is 2. The standard InChI is InChI=1S/C13H13B/c14-10-11-6-8-13(9-7-11)12-4-2-1-3-5-12/h1-9H,10,14H2. The summed E-state index contributed by atoms with van der Waals surface area (Å²) in [5, 5.41) is 0. The molecule has 0 atom stereocenters. The molecule has 0 aliphatic rings. The van der Waals surface area contributed by atoms with Crippen LogP contribution in [-0.2, 0) is 6.32 Å². The quantitative estimate of drug-likeness (QED) is 0.622. The van der Waals surface area contributed by atoms with Crippen LogP contribution < -0.4 is 0 Å². The molecule has 14 heavy (non-hydrogen) atoms. The summed E-state index contributed by atoms with van der Waals surface area (Å²) in [6, 6.07) is 19.2. The van der Waals surface area contributed by atoms with Gasteiger partial charge in [0.15, 0.2) is 0 Å². The summed E-state index contributed by atoms with van der Waals surface area (Å²) in [7, 11) is 2.18. The fourth-order valence-corrected chi connectivity index (χ4v) is 1.56. The molecule has 0 N–H and O–H groups in total. The molecule has 0 radical (unpaired) electrons. The number of rotatable bonds is 2. The Hall–Kier alpha value is -1.50. The molecule has 0 fully saturated rings. The Balaban J connectivity index is 2.34. The van der Waals surface area contributed by atoms with Crippen molar-refractivity contribution in [2.75, 3.05) is 0 Å². The van der Waals surface area contributed by atoms with Gasteiger partial charge in [-0.1, -0.05) is 66.5 Å². The summed E-state index contributed by atoms with van der Waals surface area (Å²) < 4.78 is 0. The van der Waals surface area contributed by atoms with Crippen LogP contribution in [0.1, 0.15) is 5.56 Å². The summed E-state index contributed by atoms with van der Waals surface area (Å²) in [6.45, 7) is 0. The van der Waals surface area contributed by atoms with E-state index in [-0.39, 0.29) is 0 Å². The van der Waals surface area contributed by atoms with E-state index >= 15 is 0 Å². The van der Waals surface area contributed by atoms with E-state index in [0.29, 0.717) is 0 Å². The van der Waals surface area contributed by atoms with E-state index in [4.69, 9.17) is 0 Å². The predicted molar refractivity (Wildman–Crippen MR) is 64.1 cm³/mol. The van der Waals surface area contributed by atoms with Crippen LogP contribution in [-0.4, -0.2) is 7.85 Å². The third-order valence-corrected chi connectivity index (χ3v) is 2.47. The third kappa shape index (κ3) is 1.87. The van der Waals surface area contributed by atoms with Crippen molar-refractivity contribution in [3.8, 4) is 11.1 Å². The molecule has 2 rings (SSSR count). The van der Waals surface area contributed by atoms with Crippen molar-refractivity contribution in [1.82, 2.24) is 0 Å². The Morgan fingerprint density at radius 1 is 0.714 bits per heavy atom. The van der Waals surface area contributed by atoms with Gasteiger partial charge in [0.1, 0.15) is 7.85 Å². The Morgan fingerprint density at radius 3 is 1.86 bits per heavy atom. The van der Waals surface area contributed by atoms with E-state index in [0.717, 1.165) is 6.32 Å². The average molecular weight is 180 g/mol. The largest absolute Gasteiger partial charge is 0.107 e. The molecule has 2 aromatic rings. The molecule has 0 aliphatic carbocycles. The van der Waals surface area contributed by atoms with Crippen LogP contribution in [0.15, 0.2) is 54.6 Å². The minimum atomic E-state index is 1.11. The van der Waals surface area contributed by atoms with Crippen molar-refractivity contribution < 1.29 is 0 Å². The number of hydrogen-bond acceptors (Lipinski definition) is 0. The molecule has 0 heterocycles. The summed E-state index contributed by atoms with van der Waals surface area (Å²) in [5.74, 6) is 0. The van der Waals surface area contributed by atoms with Crippen molar-refractivity contribution in [3.63, 3.8) is 0 Å². The lowest BCUT2D eigenvalue weighted by Gasteiger charge is -2.02. The molecule has 0 aromatic heterocycles. The predicted octanol–water partition coefficient (Wildman–Crippen LogP) is 2.49. The van der Waals surface area contributed by atoms with Gasteiger partial charge in [-0.25, -0.2) is 0 Å². The molecule has 0 saturated heterocycles. The lowest BCUT2D eigenvalue weighted by atomic mass is 9.95. The summed E-state index contributed by atoms with van der Waals surface area (Å²) >= 11 is 0. The van der Waals surface area contributed by atoms with Gasteiger partial charge in [-0.2, -0.15) is 0 Å². The van der Waals surface area contributed by atoms with Crippen molar-refractivity contribution >= 4 is 7.85 Å². The van der Waals surface area contributed by atoms with Gasteiger partial charge in [-0.05, 0) is 11.1 Å². The molecule has 2 aromatic carbocycles. The van der Waals surface area contributed by atoms with Gasteiger partial charge in [0.05, 0.1) is 0 Å². The fourth-order valence-electron chi connectivity index (χ4n) is 1.56. The van der Waals surface area contributed by atoms with Gasteiger partial charge in [0, 0.05) is 0 Å². The molecule has 0 bridgehead atoms. The average Bonchev–Trinajstić information content (AvgIpc) is 2.30. The molecule has 1 heteroatoms. The molecule has 0 saturated carbocycles. The highest BCUT2D eigenvalue weighted by Gasteiger charge is 1.95. The monoisotopic (exact) mass is 180 g/mol. The zero-order valence-corrected chi connectivity index (χ0v) is 8.40. The van der Waals surface area contributed by atoms with E-state index in [1.807, 2.05) is 6.07 Å². The van der Waals surface area contributed by atoms with Gasteiger partial charge >= 0.3 is 0 Å². The zero-order valence-electron chi connectivity index (χ0n) is 8.40. The zero-order chi connectivity index (χ0) is 9.80. The minimum absolute atomic E-state index is 1.11. The summed E-state index contributed by atoms with van der Waals surface area (Å²) in [4.78, 5) is 0. The normalized spacial score (nSPS) is 10.0. The molecule has 0 aliphatic heterocycles. The van der Waals surface area contributed by atoms with E-state index in [1.165, 1.54) is 16.7 Å². The van der Waals surface area contributed by atoms with Crippen molar-refractivity contribution in [1.29, 1.82) is 0 Å². The highest BCUT2D eigenvalue weighted by molar-refractivity contribution is 6.08. The summed E-state index contributed by atoms with van der Waals surface area (Å²) in [5.41, 5.74) is 3.97. The van der Waals surface area contributed by atoms with Crippen LogP contribution in [0.5, 0.6) is 0 Å². The maximum absolute atomic E-state index is 2.20. The maximum Gasteiger partial charge on any atom is 0.107 e. The molecule has 68 valence electrons. The molecular formula is C13H13B. The van der Waals surface area contributed by atoms with Crippen LogP contribution >= 0.6 is 0 Å². The van der Waals surface area contributed by atoms with Gasteiger partial charge in [0.2, 0.25) is 0 Å². The number of hydrogen-bond donors (Lipinski definition) is 0. The Labute approximate surface area is 86.0 Å². The molecule has 0 nitrogen and oxygen atoms in total. The maximum atomic E-state index is 2.20. The second kappa shape index (κ2) is 4.14. The Morgan fingerprint density at radius 2 is 1.29 bits per heavy atom. The first-order chi connectivity index (χ1) is 6.90. The first kappa shape index (κ1) is 9.08. The highest BCUT2D eigenvalue weighted by atomic mass is 14.0. The van der Waals surface area contributed by atoms with Gasteiger partial charge < -0.3 is 0 Å². The second-order valence-corrected chi connectivity index (χ2v) is 3.42. The van der Waals surface area contributed by atoms with Gasteiger partial charge in [-0.3, -0.25) is 0 Å². The molecule has 0 unspecified atom stereocenters. The van der Waals surface area contributed by atoms with Crippen molar-refractivity contribution in [2.24, 2.45) is 0 Å². The minimum Gasteiger partial charge on any atom is -0.0622 e. The van der Waals surface area contributed by atoms with Crippen molar-refractivity contribution in [2.45, 2.75) is 6.32 Å². The van der Waals surface area contributed by atoms with E-state index in [1.54, 1.807) is 0 Å². The van der Waals surface area contributed by atoms with E-state index in [2.05, 4.69) is 56.4 Å². The molecular weight excluding hydrogens is 167 g/mol. The Bertz CT molecular complexity index is 389. The third-order valence-electron chi connectivity index (χ3n) is 2.47. The summed E-state index contributed by atoms with van der Waals surface area (Å²) in [6.07, 6.45) is 1.11. The highest BCUT2D eigenvalue weighted by Crippen LogP contribution is 2.18. The lowest BCUT2D eigenvalue weighted by Crippen LogP contribution is -1.83. The SMILES string of the molecule is BCc1ccc(-c2ccccc2)cc1. The van der Waals surface area contributed by atoms with Crippen LogP contribution in [0.2, 0.25) is 0 Å². The first-order valence-corrected chi connectivity index (χ1v) is 5.04. The lowest BCUT2D eigenvalue weighted by molar-refractivity contribution is 1.40. The van der Waals surface area contributed by atoms with Crippen LogP contribution in [0, 0.1) is 0 Å². The molecule has 0 spiro atoms. The van der Waals surface area contributed by atoms with E-state index in [9.17, 15) is 0 Å². The second-order valence-electron chi connectivity index (χ2n) is 3.42. The first-order valence-electron chi connectivity index (χ1n) is 5.04. The van der Waals surface area contributed by atoms with Gasteiger partial charge in [-0.15, -0.1) is 0 Å². The van der Waals surface area contributed by atoms with Crippen LogP contribution in [0.4, 0.5) is 0 Å². The van der Waals surface area contributed by atoms with Crippen molar-refractivity contribution in [3.05, 3.63) is 60.2 Å². The fraction of sp³-hybridized carbons (Fsp3) is 0.0769.